The van der Waals surface area contributed by atoms with Gasteiger partial charge in [0.05, 0.1) is 17.1 Å². The number of benzene rings is 1. The van der Waals surface area contributed by atoms with Crippen LogP contribution in [0, 0.1) is 0 Å². The summed E-state index contributed by atoms with van der Waals surface area (Å²) in [5, 5.41) is 6.61. The van der Waals surface area contributed by atoms with Gasteiger partial charge in [-0.25, -0.2) is 0 Å². The minimum absolute atomic E-state index is 0.703. The van der Waals surface area contributed by atoms with Crippen LogP contribution >= 0.6 is 43.2 Å². The van der Waals surface area contributed by atoms with Crippen molar-refractivity contribution in [3.8, 4) is 10.6 Å². The molecule has 0 spiro atoms. The molecule has 2 aromatic heterocycles. The van der Waals surface area contributed by atoms with Gasteiger partial charge in [-0.15, -0.1) is 11.3 Å². The van der Waals surface area contributed by atoms with Crippen molar-refractivity contribution in [1.29, 1.82) is 0 Å². The Balaban J connectivity index is 1.89. The van der Waals surface area contributed by atoms with E-state index in [0.29, 0.717) is 12.2 Å². The summed E-state index contributed by atoms with van der Waals surface area (Å²) in [6, 6.07) is 10.2. The summed E-state index contributed by atoms with van der Waals surface area (Å²) >= 11 is 8.56. The van der Waals surface area contributed by atoms with E-state index >= 15 is 0 Å². The van der Waals surface area contributed by atoms with Gasteiger partial charge in [0.1, 0.15) is 5.69 Å². The lowest BCUT2D eigenvalue weighted by Gasteiger charge is -2.02. The van der Waals surface area contributed by atoms with Crippen LogP contribution in [0.1, 0.15) is 5.56 Å². The van der Waals surface area contributed by atoms with E-state index in [2.05, 4.69) is 49.1 Å². The number of nitrogen functional groups attached to an aromatic ring is 1. The van der Waals surface area contributed by atoms with Crippen molar-refractivity contribution in [3.05, 3.63) is 56.4 Å². The van der Waals surface area contributed by atoms with Crippen LogP contribution in [0.2, 0.25) is 0 Å². The topological polar surface area (TPSA) is 43.8 Å². The summed E-state index contributed by atoms with van der Waals surface area (Å²) in [6.45, 7) is 0.705. The summed E-state index contributed by atoms with van der Waals surface area (Å²) in [4.78, 5) is 1.07. The van der Waals surface area contributed by atoms with E-state index in [4.69, 9.17) is 5.73 Å². The second kappa shape index (κ2) is 5.71. The van der Waals surface area contributed by atoms with Gasteiger partial charge >= 0.3 is 0 Å². The average molecular weight is 413 g/mol. The molecule has 20 heavy (non-hydrogen) atoms. The number of halogens is 2. The largest absolute Gasteiger partial charge is 0.396 e. The average Bonchev–Trinajstić information content (AvgIpc) is 2.96. The molecule has 2 N–H and O–H groups in total. The molecule has 0 unspecified atom stereocenters. The van der Waals surface area contributed by atoms with Crippen LogP contribution in [0.25, 0.3) is 10.6 Å². The van der Waals surface area contributed by atoms with Gasteiger partial charge in [0, 0.05) is 20.5 Å². The Hall–Kier alpha value is -1.11. The molecule has 0 radical (unpaired) electrons. The van der Waals surface area contributed by atoms with Gasteiger partial charge in [-0.3, -0.25) is 4.68 Å². The predicted octanol–water partition coefficient (Wildman–Crippen LogP) is 4.77. The van der Waals surface area contributed by atoms with Crippen molar-refractivity contribution in [1.82, 2.24) is 9.78 Å². The zero-order chi connectivity index (χ0) is 14.1. The van der Waals surface area contributed by atoms with Crippen LogP contribution in [0.3, 0.4) is 0 Å². The molecule has 0 bridgehead atoms. The first kappa shape index (κ1) is 13.9. The lowest BCUT2D eigenvalue weighted by molar-refractivity contribution is 0.689. The van der Waals surface area contributed by atoms with Crippen molar-refractivity contribution >= 4 is 48.9 Å². The minimum atomic E-state index is 0.703. The Morgan fingerprint density at radius 2 is 2.05 bits per heavy atom. The molecule has 0 amide bonds. The number of rotatable bonds is 3. The Morgan fingerprint density at radius 3 is 2.75 bits per heavy atom. The first-order chi connectivity index (χ1) is 9.61. The number of nitrogens with two attached hydrogens (primary N) is 1. The molecule has 0 fully saturated rings. The van der Waals surface area contributed by atoms with E-state index in [-0.39, 0.29) is 0 Å². The number of hydrogen-bond donors (Lipinski definition) is 1. The van der Waals surface area contributed by atoms with Crippen LogP contribution in [-0.4, -0.2) is 9.78 Å². The number of hydrogen-bond acceptors (Lipinski definition) is 3. The fourth-order valence-electron chi connectivity index (χ4n) is 1.97. The fourth-order valence-corrected chi connectivity index (χ4v) is 3.85. The molecule has 0 saturated carbocycles. The molecule has 0 aliphatic heterocycles. The lowest BCUT2D eigenvalue weighted by atomic mass is 10.2. The maximum Gasteiger partial charge on any atom is 0.125 e. The maximum absolute atomic E-state index is 6.06. The highest BCUT2D eigenvalue weighted by Gasteiger charge is 2.11. The van der Waals surface area contributed by atoms with Gasteiger partial charge in [-0.2, -0.15) is 5.10 Å². The highest BCUT2D eigenvalue weighted by atomic mass is 79.9. The Labute approximate surface area is 137 Å². The maximum atomic E-state index is 6.06. The third kappa shape index (κ3) is 2.97. The quantitative estimate of drug-likeness (QED) is 0.673. The van der Waals surface area contributed by atoms with Crippen molar-refractivity contribution in [2.24, 2.45) is 0 Å². The second-order valence-corrected chi connectivity index (χ2v) is 7.13. The summed E-state index contributed by atoms with van der Waals surface area (Å²) in [5.74, 6) is 0. The standard InChI is InChI=1S/C14H11Br2N3S/c15-10-3-1-2-9(4-10)6-19-7-12(17)14(18-19)13-5-11(16)8-20-13/h1-5,7-8H,6,17H2. The van der Waals surface area contributed by atoms with E-state index < -0.39 is 0 Å². The highest BCUT2D eigenvalue weighted by molar-refractivity contribution is 9.10. The molecule has 3 nitrogen and oxygen atoms in total. The van der Waals surface area contributed by atoms with Gasteiger partial charge in [0.15, 0.2) is 0 Å². The summed E-state index contributed by atoms with van der Waals surface area (Å²) in [5.41, 5.74) is 8.79. The highest BCUT2D eigenvalue weighted by Crippen LogP contribution is 2.32. The van der Waals surface area contributed by atoms with E-state index in [1.54, 1.807) is 11.3 Å². The van der Waals surface area contributed by atoms with Crippen molar-refractivity contribution in [2.75, 3.05) is 5.73 Å². The fraction of sp³-hybridized carbons (Fsp3) is 0.0714. The molecule has 0 atom stereocenters. The van der Waals surface area contributed by atoms with Gasteiger partial charge in [-0.1, -0.05) is 28.1 Å². The second-order valence-electron chi connectivity index (χ2n) is 4.39. The van der Waals surface area contributed by atoms with Crippen molar-refractivity contribution in [2.45, 2.75) is 6.54 Å². The van der Waals surface area contributed by atoms with E-state index in [9.17, 15) is 0 Å². The Morgan fingerprint density at radius 1 is 1.20 bits per heavy atom. The third-order valence-corrected chi connectivity index (χ3v) is 5.02. The molecular formula is C14H11Br2N3S. The van der Waals surface area contributed by atoms with Crippen LogP contribution in [0.4, 0.5) is 5.69 Å². The summed E-state index contributed by atoms with van der Waals surface area (Å²) in [7, 11) is 0. The monoisotopic (exact) mass is 411 g/mol. The molecule has 0 aliphatic rings. The molecule has 2 heterocycles. The molecule has 1 aromatic carbocycles. The molecule has 6 heteroatoms. The zero-order valence-corrected chi connectivity index (χ0v) is 14.4. The van der Waals surface area contributed by atoms with Gasteiger partial charge in [0.2, 0.25) is 0 Å². The van der Waals surface area contributed by atoms with Gasteiger partial charge in [0.25, 0.3) is 0 Å². The first-order valence-electron chi connectivity index (χ1n) is 5.93. The van der Waals surface area contributed by atoms with Gasteiger partial charge < -0.3 is 5.73 Å². The molecule has 0 aliphatic carbocycles. The molecule has 102 valence electrons. The Bertz CT molecular complexity index is 748. The Kier molecular flexibility index (Phi) is 3.96. The summed E-state index contributed by atoms with van der Waals surface area (Å²) in [6.07, 6.45) is 1.88. The van der Waals surface area contributed by atoms with Gasteiger partial charge in [-0.05, 0) is 39.7 Å². The minimum Gasteiger partial charge on any atom is -0.396 e. The number of anilines is 1. The van der Waals surface area contributed by atoms with E-state index in [1.807, 2.05) is 34.5 Å². The van der Waals surface area contributed by atoms with Crippen molar-refractivity contribution < 1.29 is 0 Å². The predicted molar refractivity (Wildman–Crippen MR) is 90.9 cm³/mol. The number of nitrogens with zero attached hydrogens (tertiary/aromatic N) is 2. The summed E-state index contributed by atoms with van der Waals surface area (Å²) < 4.78 is 4.00. The van der Waals surface area contributed by atoms with Crippen LogP contribution in [0.15, 0.2) is 50.9 Å². The number of thiophene rings is 1. The van der Waals surface area contributed by atoms with Crippen LogP contribution in [0.5, 0.6) is 0 Å². The molecule has 3 rings (SSSR count). The van der Waals surface area contributed by atoms with E-state index in [1.165, 1.54) is 5.56 Å². The molecule has 0 saturated heterocycles. The smallest absolute Gasteiger partial charge is 0.125 e. The SMILES string of the molecule is Nc1cn(Cc2cccc(Br)c2)nc1-c1cc(Br)cs1. The van der Waals surface area contributed by atoms with Crippen LogP contribution in [-0.2, 0) is 6.54 Å². The normalized spacial score (nSPS) is 10.9. The molecular weight excluding hydrogens is 402 g/mol. The van der Waals surface area contributed by atoms with Crippen LogP contribution < -0.4 is 5.73 Å². The van der Waals surface area contributed by atoms with E-state index in [0.717, 1.165) is 19.5 Å². The number of aromatic nitrogens is 2. The third-order valence-electron chi connectivity index (χ3n) is 2.82. The van der Waals surface area contributed by atoms with Crippen molar-refractivity contribution in [3.63, 3.8) is 0 Å². The molecule has 3 aromatic rings. The lowest BCUT2D eigenvalue weighted by Crippen LogP contribution is -2.00. The first-order valence-corrected chi connectivity index (χ1v) is 8.40. The zero-order valence-electron chi connectivity index (χ0n) is 10.4.